The number of rotatable bonds is 3. The van der Waals surface area contributed by atoms with Crippen LogP contribution in [0.4, 0.5) is 0 Å². The van der Waals surface area contributed by atoms with E-state index >= 15 is 0 Å². The van der Waals surface area contributed by atoms with Crippen LogP contribution in [0.25, 0.3) is 0 Å². The molecule has 0 spiro atoms. The number of ether oxygens (including phenoxy) is 2. The molecule has 0 radical (unpaired) electrons. The van der Waals surface area contributed by atoms with E-state index in [-0.39, 0.29) is 19.3 Å². The lowest BCUT2D eigenvalue weighted by Crippen LogP contribution is -2.37. The zero-order valence-electron chi connectivity index (χ0n) is 8.12. The summed E-state index contributed by atoms with van der Waals surface area (Å²) in [4.78, 5) is 22.0. The minimum absolute atomic E-state index is 0.0345. The van der Waals surface area contributed by atoms with E-state index in [0.717, 1.165) is 6.42 Å². The Balaban J connectivity index is 2.63. The van der Waals surface area contributed by atoms with Crippen molar-refractivity contribution >= 4 is 11.9 Å². The molecule has 1 N–H and O–H groups in total. The fraction of sp³-hybridized carbons (Fsp3) is 0.778. The molecule has 5 heteroatoms. The number of carbonyl (C=O) groups excluding carboxylic acids is 2. The van der Waals surface area contributed by atoms with Crippen LogP contribution in [-0.2, 0) is 19.1 Å². The molecular weight excluding hydrogens is 188 g/mol. The minimum Gasteiger partial charge on any atom is -0.398 e. The Bertz CT molecular complexity index is 217. The first-order valence-corrected chi connectivity index (χ1v) is 4.72. The molecule has 1 heterocycles. The standard InChI is InChI=1S/C9H14O5/c1-2-3-6-9(12)13-7(10)4-5-8(11)14-9/h12H,2-6H2,1H3. The van der Waals surface area contributed by atoms with Crippen molar-refractivity contribution in [2.45, 2.75) is 45.0 Å². The summed E-state index contributed by atoms with van der Waals surface area (Å²) < 4.78 is 9.29. The van der Waals surface area contributed by atoms with Gasteiger partial charge < -0.3 is 14.6 Å². The Morgan fingerprint density at radius 2 is 1.79 bits per heavy atom. The van der Waals surface area contributed by atoms with Gasteiger partial charge in [-0.25, -0.2) is 0 Å². The lowest BCUT2D eigenvalue weighted by atomic mass is 10.2. The number of aliphatic hydroxyl groups is 1. The van der Waals surface area contributed by atoms with Crippen LogP contribution in [0.2, 0.25) is 0 Å². The highest BCUT2D eigenvalue weighted by Crippen LogP contribution is 2.22. The average molecular weight is 202 g/mol. The summed E-state index contributed by atoms with van der Waals surface area (Å²) >= 11 is 0. The molecule has 1 rings (SSSR count). The van der Waals surface area contributed by atoms with Crippen LogP contribution >= 0.6 is 0 Å². The van der Waals surface area contributed by atoms with Crippen molar-refractivity contribution in [3.8, 4) is 0 Å². The van der Waals surface area contributed by atoms with Gasteiger partial charge in [-0.1, -0.05) is 13.3 Å². The molecule has 0 aliphatic carbocycles. The maximum Gasteiger partial charge on any atom is 0.373 e. The van der Waals surface area contributed by atoms with Crippen LogP contribution in [0.3, 0.4) is 0 Å². The first-order chi connectivity index (χ1) is 6.56. The largest absolute Gasteiger partial charge is 0.398 e. The predicted octanol–water partition coefficient (Wildman–Crippen LogP) is 0.703. The van der Waals surface area contributed by atoms with Gasteiger partial charge in [-0.3, -0.25) is 9.59 Å². The highest BCUT2D eigenvalue weighted by molar-refractivity contribution is 5.79. The van der Waals surface area contributed by atoms with Crippen molar-refractivity contribution in [3.63, 3.8) is 0 Å². The molecule has 0 atom stereocenters. The number of esters is 2. The van der Waals surface area contributed by atoms with Crippen LogP contribution in [0.15, 0.2) is 0 Å². The summed E-state index contributed by atoms with van der Waals surface area (Å²) in [5, 5.41) is 9.64. The molecule has 80 valence electrons. The van der Waals surface area contributed by atoms with E-state index in [1.165, 1.54) is 0 Å². The van der Waals surface area contributed by atoms with Gasteiger partial charge in [-0.2, -0.15) is 0 Å². The first kappa shape index (κ1) is 11.0. The van der Waals surface area contributed by atoms with E-state index in [9.17, 15) is 14.7 Å². The second kappa shape index (κ2) is 4.41. The molecule has 0 aromatic carbocycles. The molecule has 0 aromatic heterocycles. The SMILES string of the molecule is CCCCC1(O)OC(=O)CCC(=O)O1. The first-order valence-electron chi connectivity index (χ1n) is 4.72. The third-order valence-corrected chi connectivity index (χ3v) is 1.93. The van der Waals surface area contributed by atoms with Crippen molar-refractivity contribution in [2.75, 3.05) is 0 Å². The van der Waals surface area contributed by atoms with Gasteiger partial charge in [-0.15, -0.1) is 0 Å². The number of carbonyl (C=O) groups is 2. The lowest BCUT2D eigenvalue weighted by molar-refractivity contribution is -0.323. The van der Waals surface area contributed by atoms with Gasteiger partial charge in [0.1, 0.15) is 0 Å². The predicted molar refractivity (Wildman–Crippen MR) is 45.9 cm³/mol. The summed E-state index contributed by atoms with van der Waals surface area (Å²) in [6.45, 7) is 1.92. The van der Waals surface area contributed by atoms with E-state index in [2.05, 4.69) is 9.47 Å². The molecule has 0 unspecified atom stereocenters. The van der Waals surface area contributed by atoms with Crippen LogP contribution < -0.4 is 0 Å². The average Bonchev–Trinajstić information content (AvgIpc) is 2.23. The zero-order chi connectivity index (χ0) is 10.6. The molecule has 5 nitrogen and oxygen atoms in total. The number of unbranched alkanes of at least 4 members (excludes halogenated alkanes) is 1. The number of hydrogen-bond acceptors (Lipinski definition) is 5. The summed E-state index contributed by atoms with van der Waals surface area (Å²) in [5.41, 5.74) is 0. The number of hydrogen-bond donors (Lipinski definition) is 1. The summed E-state index contributed by atoms with van der Waals surface area (Å²) in [5.74, 6) is -3.25. The molecule has 0 aromatic rings. The van der Waals surface area contributed by atoms with Gasteiger partial charge in [-0.05, 0) is 6.42 Å². The monoisotopic (exact) mass is 202 g/mol. The van der Waals surface area contributed by atoms with Crippen LogP contribution in [-0.4, -0.2) is 23.0 Å². The van der Waals surface area contributed by atoms with Gasteiger partial charge >= 0.3 is 17.9 Å². The van der Waals surface area contributed by atoms with E-state index in [1.54, 1.807) is 0 Å². The molecule has 1 fully saturated rings. The minimum atomic E-state index is -2.04. The van der Waals surface area contributed by atoms with Gasteiger partial charge in [0, 0.05) is 0 Å². The van der Waals surface area contributed by atoms with Gasteiger partial charge in [0.25, 0.3) is 0 Å². The Labute approximate surface area is 82.0 Å². The van der Waals surface area contributed by atoms with Crippen molar-refractivity contribution < 1.29 is 24.2 Å². The highest BCUT2D eigenvalue weighted by atomic mass is 16.8. The fourth-order valence-corrected chi connectivity index (χ4v) is 1.19. The second-order valence-corrected chi connectivity index (χ2v) is 3.26. The van der Waals surface area contributed by atoms with Crippen LogP contribution in [0.1, 0.15) is 39.0 Å². The van der Waals surface area contributed by atoms with E-state index in [1.807, 2.05) is 6.92 Å². The second-order valence-electron chi connectivity index (χ2n) is 3.26. The Morgan fingerprint density at radius 3 is 2.21 bits per heavy atom. The molecular formula is C9H14O5. The Kier molecular flexibility index (Phi) is 3.46. The van der Waals surface area contributed by atoms with Crippen LogP contribution in [0.5, 0.6) is 0 Å². The van der Waals surface area contributed by atoms with Crippen molar-refractivity contribution in [1.82, 2.24) is 0 Å². The molecule has 1 aliphatic heterocycles. The van der Waals surface area contributed by atoms with Crippen molar-refractivity contribution in [3.05, 3.63) is 0 Å². The molecule has 0 saturated carbocycles. The third-order valence-electron chi connectivity index (χ3n) is 1.93. The van der Waals surface area contributed by atoms with Gasteiger partial charge in [0.05, 0.1) is 19.3 Å². The Hall–Kier alpha value is -1.10. The van der Waals surface area contributed by atoms with E-state index < -0.39 is 17.9 Å². The maximum absolute atomic E-state index is 11.0. The lowest BCUT2D eigenvalue weighted by Gasteiger charge is -2.24. The summed E-state index contributed by atoms with van der Waals surface area (Å²) in [6, 6.07) is 0. The molecule has 1 saturated heterocycles. The quantitative estimate of drug-likeness (QED) is 0.682. The third kappa shape index (κ3) is 2.99. The van der Waals surface area contributed by atoms with E-state index in [0.29, 0.717) is 6.42 Å². The normalized spacial score (nSPS) is 21.0. The summed E-state index contributed by atoms with van der Waals surface area (Å²) in [6.07, 6.45) is 1.50. The molecule has 14 heavy (non-hydrogen) atoms. The number of cyclic esters (lactones) is 2. The fourth-order valence-electron chi connectivity index (χ4n) is 1.19. The maximum atomic E-state index is 11.0. The van der Waals surface area contributed by atoms with Crippen molar-refractivity contribution in [1.29, 1.82) is 0 Å². The van der Waals surface area contributed by atoms with Gasteiger partial charge in [0.2, 0.25) is 0 Å². The van der Waals surface area contributed by atoms with Crippen LogP contribution in [0, 0.1) is 0 Å². The highest BCUT2D eigenvalue weighted by Gasteiger charge is 2.38. The Morgan fingerprint density at radius 1 is 1.29 bits per heavy atom. The molecule has 0 amide bonds. The van der Waals surface area contributed by atoms with Gasteiger partial charge in [0.15, 0.2) is 0 Å². The molecule has 1 aliphatic rings. The van der Waals surface area contributed by atoms with E-state index in [4.69, 9.17) is 0 Å². The van der Waals surface area contributed by atoms with Crippen molar-refractivity contribution in [2.24, 2.45) is 0 Å². The summed E-state index contributed by atoms with van der Waals surface area (Å²) in [7, 11) is 0. The topological polar surface area (TPSA) is 72.8 Å². The molecule has 0 bridgehead atoms. The zero-order valence-corrected chi connectivity index (χ0v) is 8.12. The smallest absolute Gasteiger partial charge is 0.373 e.